The van der Waals surface area contributed by atoms with Crippen molar-refractivity contribution >= 4 is 44.2 Å². The number of thioether (sulfide) groups is 1. The maximum absolute atomic E-state index is 13.1. The van der Waals surface area contributed by atoms with E-state index in [0.717, 1.165) is 22.2 Å². The Bertz CT molecular complexity index is 948. The molecule has 29 heavy (non-hydrogen) atoms. The molecule has 1 aliphatic heterocycles. The van der Waals surface area contributed by atoms with E-state index < -0.39 is 21.8 Å². The average Bonchev–Trinajstić information content (AvgIpc) is 3.14. The van der Waals surface area contributed by atoms with Crippen LogP contribution in [0.2, 0.25) is 0 Å². The second-order valence-electron chi connectivity index (χ2n) is 7.22. The third-order valence-electron chi connectivity index (χ3n) is 4.38. The number of amides is 1. The first-order valence-corrected chi connectivity index (χ1v) is 12.5. The van der Waals surface area contributed by atoms with Crippen LogP contribution in [-0.2, 0) is 14.8 Å². The van der Waals surface area contributed by atoms with Crippen LogP contribution >= 0.6 is 23.1 Å². The van der Waals surface area contributed by atoms with Crippen molar-refractivity contribution in [2.45, 2.75) is 35.9 Å². The Morgan fingerprint density at radius 1 is 1.34 bits per heavy atom. The summed E-state index contributed by atoms with van der Waals surface area (Å²) in [5.74, 6) is 0.206. The zero-order chi connectivity index (χ0) is 21.0. The molecule has 0 bridgehead atoms. The zero-order valence-electron chi connectivity index (χ0n) is 16.2. The third-order valence-corrected chi connectivity index (χ3v) is 8.66. The van der Waals surface area contributed by atoms with E-state index in [4.69, 9.17) is 0 Å². The van der Waals surface area contributed by atoms with Crippen LogP contribution in [-0.4, -0.2) is 47.7 Å². The maximum atomic E-state index is 13.1. The molecule has 1 fully saturated rings. The second-order valence-corrected chi connectivity index (χ2v) is 11.4. The van der Waals surface area contributed by atoms with Crippen LogP contribution in [0.15, 0.2) is 33.5 Å². The Hall–Kier alpha value is -1.56. The summed E-state index contributed by atoms with van der Waals surface area (Å²) < 4.78 is 40.8. The molecule has 2 heterocycles. The molecule has 1 aliphatic rings. The molecule has 1 amide bonds. The minimum Gasteiger partial charge on any atom is -0.300 e. The van der Waals surface area contributed by atoms with E-state index >= 15 is 0 Å². The van der Waals surface area contributed by atoms with Crippen LogP contribution in [0.1, 0.15) is 26.7 Å². The standard InChI is InChI=1S/C18H23FN4O3S3/c1-12(2)11-27-18-22-21-17(28-18)20-16(24)13-4-3-9-23(10-13)29(25,26)15-7-5-14(19)6-8-15/h5-8,12-13H,3-4,9-11H2,1-2H3,(H,20,21,24)/t13-/m0/s1. The number of rotatable bonds is 7. The molecule has 1 aromatic carbocycles. The number of sulfonamides is 1. The number of nitrogens with one attached hydrogen (secondary N) is 1. The number of carbonyl (C=O) groups excluding carboxylic acids is 1. The summed E-state index contributed by atoms with van der Waals surface area (Å²) in [5.41, 5.74) is 0. The van der Waals surface area contributed by atoms with Crippen LogP contribution < -0.4 is 5.32 Å². The van der Waals surface area contributed by atoms with Crippen molar-refractivity contribution in [2.24, 2.45) is 11.8 Å². The minimum absolute atomic E-state index is 0.0240. The normalized spacial score (nSPS) is 18.1. The molecule has 1 atom stereocenters. The molecule has 1 aromatic heterocycles. The lowest BCUT2D eigenvalue weighted by Gasteiger charge is -2.31. The number of halogens is 1. The van der Waals surface area contributed by atoms with Crippen LogP contribution in [0.3, 0.4) is 0 Å². The van der Waals surface area contributed by atoms with Gasteiger partial charge in [-0.15, -0.1) is 10.2 Å². The number of anilines is 1. The largest absolute Gasteiger partial charge is 0.300 e. The fourth-order valence-electron chi connectivity index (χ4n) is 2.89. The van der Waals surface area contributed by atoms with Crippen molar-refractivity contribution < 1.29 is 17.6 Å². The van der Waals surface area contributed by atoms with Crippen molar-refractivity contribution in [2.75, 3.05) is 24.2 Å². The second kappa shape index (κ2) is 9.50. The molecule has 2 aromatic rings. The van der Waals surface area contributed by atoms with Gasteiger partial charge in [-0.3, -0.25) is 4.79 Å². The van der Waals surface area contributed by atoms with Gasteiger partial charge >= 0.3 is 0 Å². The number of hydrogen-bond donors (Lipinski definition) is 1. The Balaban J connectivity index is 1.63. The van der Waals surface area contributed by atoms with Crippen molar-refractivity contribution in [1.82, 2.24) is 14.5 Å². The molecule has 0 unspecified atom stereocenters. The molecule has 158 valence electrons. The molecule has 0 radical (unpaired) electrons. The smallest absolute Gasteiger partial charge is 0.243 e. The molecule has 3 rings (SSSR count). The Morgan fingerprint density at radius 3 is 2.76 bits per heavy atom. The van der Waals surface area contributed by atoms with Gasteiger partial charge in [0, 0.05) is 18.8 Å². The summed E-state index contributed by atoms with van der Waals surface area (Å²) in [7, 11) is -3.77. The minimum atomic E-state index is -3.77. The summed E-state index contributed by atoms with van der Waals surface area (Å²) in [6, 6.07) is 4.72. The Labute approximate surface area is 178 Å². The number of benzene rings is 1. The topological polar surface area (TPSA) is 92.3 Å². The van der Waals surface area contributed by atoms with Gasteiger partial charge < -0.3 is 5.32 Å². The van der Waals surface area contributed by atoms with E-state index in [2.05, 4.69) is 29.4 Å². The van der Waals surface area contributed by atoms with E-state index in [-0.39, 0.29) is 17.3 Å². The molecule has 7 nitrogen and oxygen atoms in total. The van der Waals surface area contributed by atoms with Gasteiger partial charge in [-0.25, -0.2) is 12.8 Å². The number of carbonyl (C=O) groups is 1. The van der Waals surface area contributed by atoms with Gasteiger partial charge in [-0.1, -0.05) is 36.9 Å². The van der Waals surface area contributed by atoms with Gasteiger partial charge in [-0.05, 0) is 43.0 Å². The summed E-state index contributed by atoms with van der Waals surface area (Å²) in [6.45, 7) is 4.65. The molecule has 11 heteroatoms. The van der Waals surface area contributed by atoms with Gasteiger partial charge in [0.25, 0.3) is 0 Å². The predicted molar refractivity (Wildman–Crippen MR) is 112 cm³/mol. The predicted octanol–water partition coefficient (Wildman–Crippen LogP) is 3.46. The Kier molecular flexibility index (Phi) is 7.25. The first-order chi connectivity index (χ1) is 13.8. The van der Waals surface area contributed by atoms with E-state index in [1.54, 1.807) is 11.8 Å². The average molecular weight is 459 g/mol. The molecule has 0 aliphatic carbocycles. The molecule has 1 N–H and O–H groups in total. The molecule has 0 spiro atoms. The molecular formula is C18H23FN4O3S3. The fourth-order valence-corrected chi connectivity index (χ4v) is 6.15. The lowest BCUT2D eigenvalue weighted by atomic mass is 9.99. The van der Waals surface area contributed by atoms with Gasteiger partial charge in [0.2, 0.25) is 21.1 Å². The highest BCUT2D eigenvalue weighted by Crippen LogP contribution is 2.29. The fraction of sp³-hybridized carbons (Fsp3) is 0.500. The SMILES string of the molecule is CC(C)CSc1nnc(NC(=O)[C@H]2CCCN(S(=O)(=O)c3ccc(F)cc3)C2)s1. The quantitative estimate of drug-likeness (QED) is 0.505. The highest BCUT2D eigenvalue weighted by Gasteiger charge is 2.33. The zero-order valence-corrected chi connectivity index (χ0v) is 18.6. The number of piperidine rings is 1. The molecule has 1 saturated heterocycles. The number of aromatic nitrogens is 2. The molecule has 0 saturated carbocycles. The highest BCUT2D eigenvalue weighted by atomic mass is 32.2. The van der Waals surface area contributed by atoms with Gasteiger partial charge in [-0.2, -0.15) is 4.31 Å². The van der Waals surface area contributed by atoms with Gasteiger partial charge in [0.15, 0.2) is 4.34 Å². The lowest BCUT2D eigenvalue weighted by molar-refractivity contribution is -0.120. The summed E-state index contributed by atoms with van der Waals surface area (Å²) >= 11 is 2.91. The van der Waals surface area contributed by atoms with Crippen molar-refractivity contribution in [3.8, 4) is 0 Å². The Morgan fingerprint density at radius 2 is 2.07 bits per heavy atom. The van der Waals surface area contributed by atoms with Crippen LogP contribution in [0.4, 0.5) is 9.52 Å². The van der Waals surface area contributed by atoms with E-state index in [1.807, 2.05) is 0 Å². The van der Waals surface area contributed by atoms with Crippen LogP contribution in [0, 0.1) is 17.7 Å². The third kappa shape index (κ3) is 5.74. The number of nitrogens with zero attached hydrogens (tertiary/aromatic N) is 3. The van der Waals surface area contributed by atoms with Crippen molar-refractivity contribution in [3.05, 3.63) is 30.1 Å². The van der Waals surface area contributed by atoms with E-state index in [9.17, 15) is 17.6 Å². The molecular weight excluding hydrogens is 435 g/mol. The van der Waals surface area contributed by atoms with Crippen molar-refractivity contribution in [1.29, 1.82) is 0 Å². The highest BCUT2D eigenvalue weighted by molar-refractivity contribution is 8.01. The summed E-state index contributed by atoms with van der Waals surface area (Å²) in [4.78, 5) is 12.7. The summed E-state index contributed by atoms with van der Waals surface area (Å²) in [6.07, 6.45) is 1.17. The van der Waals surface area contributed by atoms with Crippen LogP contribution in [0.25, 0.3) is 0 Å². The van der Waals surface area contributed by atoms with Gasteiger partial charge in [0.1, 0.15) is 5.82 Å². The van der Waals surface area contributed by atoms with Crippen LogP contribution in [0.5, 0.6) is 0 Å². The lowest BCUT2D eigenvalue weighted by Crippen LogP contribution is -2.43. The first-order valence-electron chi connectivity index (χ1n) is 9.28. The van der Waals surface area contributed by atoms with E-state index in [0.29, 0.717) is 30.4 Å². The number of hydrogen-bond acceptors (Lipinski definition) is 7. The van der Waals surface area contributed by atoms with Crippen molar-refractivity contribution in [3.63, 3.8) is 0 Å². The van der Waals surface area contributed by atoms with Gasteiger partial charge in [0.05, 0.1) is 10.8 Å². The van der Waals surface area contributed by atoms with E-state index in [1.165, 1.54) is 27.8 Å². The maximum Gasteiger partial charge on any atom is 0.243 e. The summed E-state index contributed by atoms with van der Waals surface area (Å²) in [5, 5.41) is 11.2. The monoisotopic (exact) mass is 458 g/mol. The first kappa shape index (κ1) is 22.1.